The molecule has 1 heterocycles. The Morgan fingerprint density at radius 2 is 1.52 bits per heavy atom. The first-order chi connectivity index (χ1) is 14.2. The van der Waals surface area contributed by atoms with Crippen molar-refractivity contribution in [3.63, 3.8) is 0 Å². The van der Waals surface area contributed by atoms with Crippen LogP contribution in [0.15, 0.2) is 81.4 Å². The first-order valence-electron chi connectivity index (χ1n) is 9.11. The Kier molecular flexibility index (Phi) is 3.95. The summed E-state index contributed by atoms with van der Waals surface area (Å²) < 4.78 is 6.01. The quantitative estimate of drug-likeness (QED) is 0.324. The van der Waals surface area contributed by atoms with Gasteiger partial charge in [0.15, 0.2) is 0 Å². The number of allylic oxidation sites excluding steroid dienone is 1. The van der Waals surface area contributed by atoms with Crippen molar-refractivity contribution < 1.29 is 4.42 Å². The zero-order valence-corrected chi connectivity index (χ0v) is 15.4. The molecule has 0 bridgehead atoms. The first kappa shape index (κ1) is 16.9. The number of hydrogen-bond acceptors (Lipinski definition) is 6. The van der Waals surface area contributed by atoms with E-state index in [0.29, 0.717) is 11.4 Å². The Bertz CT molecular complexity index is 1350. The fraction of sp³-hybridized carbons (Fsp3) is 0. The van der Waals surface area contributed by atoms with Crippen LogP contribution in [0.5, 0.6) is 0 Å². The maximum absolute atomic E-state index is 8.21. The summed E-state index contributed by atoms with van der Waals surface area (Å²) in [6.07, 6.45) is 3.69. The van der Waals surface area contributed by atoms with E-state index in [9.17, 15) is 0 Å². The number of hydrogen-bond donors (Lipinski definition) is 3. The number of nitrogens with zero attached hydrogens (tertiary/aromatic N) is 2. The summed E-state index contributed by atoms with van der Waals surface area (Å²) >= 11 is 0. The van der Waals surface area contributed by atoms with Crippen molar-refractivity contribution in [2.24, 2.45) is 10.2 Å². The molecule has 0 amide bonds. The number of nitrogens with one attached hydrogen (secondary N) is 3. The maximum Gasteiger partial charge on any atom is 0.137 e. The summed E-state index contributed by atoms with van der Waals surface area (Å²) in [4.78, 5) is 0. The topological polar surface area (TPSA) is 85.8 Å². The fourth-order valence-electron chi connectivity index (χ4n) is 3.50. The van der Waals surface area contributed by atoms with Crippen LogP contribution in [0.4, 0.5) is 11.4 Å². The van der Waals surface area contributed by atoms with Crippen LogP contribution in [-0.4, -0.2) is 18.1 Å². The van der Waals surface area contributed by atoms with Gasteiger partial charge in [-0.05, 0) is 35.9 Å². The summed E-state index contributed by atoms with van der Waals surface area (Å²) in [7, 11) is 0. The number of furan rings is 1. The third-order valence-corrected chi connectivity index (χ3v) is 4.88. The highest BCUT2D eigenvalue weighted by Gasteiger charge is 2.16. The van der Waals surface area contributed by atoms with E-state index in [2.05, 4.69) is 27.8 Å². The molecule has 29 heavy (non-hydrogen) atoms. The molecule has 0 atom stereocenters. The van der Waals surface area contributed by atoms with Gasteiger partial charge in [0.1, 0.15) is 16.9 Å². The summed E-state index contributed by atoms with van der Waals surface area (Å²) in [6, 6.07) is 19.6. The molecule has 0 saturated heterocycles. The molecule has 140 valence electrons. The third-order valence-electron chi connectivity index (χ3n) is 4.88. The molecular formula is C23H17N5O. The molecule has 0 radical (unpaired) electrons. The van der Waals surface area contributed by atoms with Crippen molar-refractivity contribution in [3.05, 3.63) is 77.9 Å². The Balaban J connectivity index is 1.50. The number of anilines is 2. The van der Waals surface area contributed by atoms with Crippen LogP contribution in [0, 0.1) is 5.41 Å². The van der Waals surface area contributed by atoms with Gasteiger partial charge in [0, 0.05) is 35.2 Å². The van der Waals surface area contributed by atoms with Crippen molar-refractivity contribution in [3.8, 4) is 0 Å². The molecule has 3 aromatic carbocycles. The predicted octanol–water partition coefficient (Wildman–Crippen LogP) is 5.48. The van der Waals surface area contributed by atoms with Crippen LogP contribution in [0.1, 0.15) is 11.1 Å². The molecule has 0 unspecified atom stereocenters. The van der Waals surface area contributed by atoms with Gasteiger partial charge in [0.05, 0.1) is 17.1 Å². The van der Waals surface area contributed by atoms with E-state index in [4.69, 9.17) is 9.83 Å². The average molecular weight is 379 g/mol. The highest BCUT2D eigenvalue weighted by atomic mass is 16.3. The smallest absolute Gasteiger partial charge is 0.137 e. The molecule has 0 fully saturated rings. The Morgan fingerprint density at radius 1 is 0.828 bits per heavy atom. The molecule has 1 aromatic heterocycles. The van der Waals surface area contributed by atoms with Crippen molar-refractivity contribution in [2.45, 2.75) is 0 Å². The highest BCUT2D eigenvalue weighted by Crippen LogP contribution is 2.32. The molecule has 3 N–H and O–H groups in total. The summed E-state index contributed by atoms with van der Waals surface area (Å²) in [6.45, 7) is 3.44. The summed E-state index contributed by atoms with van der Waals surface area (Å²) in [5.74, 6) is 0. The predicted molar refractivity (Wildman–Crippen MR) is 120 cm³/mol. The third kappa shape index (κ3) is 2.96. The standard InChI is InChI=1S/C23H17N5O/c1-25-26-15-7-9-18-19-10-8-16(13-22(19)29-21(18)12-15)27-28-23-17-5-3-2-4-14(17)6-11-20(23)24/h2-13,24,26-27H,1H2/b24-20?,28-23-. The highest BCUT2D eigenvalue weighted by molar-refractivity contribution is 6.53. The van der Waals surface area contributed by atoms with Gasteiger partial charge >= 0.3 is 0 Å². The van der Waals surface area contributed by atoms with Crippen LogP contribution in [-0.2, 0) is 0 Å². The molecule has 0 saturated carbocycles. The van der Waals surface area contributed by atoms with E-state index in [-0.39, 0.29) is 0 Å². The van der Waals surface area contributed by atoms with E-state index in [1.807, 2.05) is 66.7 Å². The van der Waals surface area contributed by atoms with E-state index in [0.717, 1.165) is 44.4 Å². The second-order valence-corrected chi connectivity index (χ2v) is 6.70. The molecule has 6 heteroatoms. The van der Waals surface area contributed by atoms with Gasteiger partial charge in [-0.15, -0.1) is 0 Å². The van der Waals surface area contributed by atoms with Gasteiger partial charge in [-0.1, -0.05) is 30.3 Å². The summed E-state index contributed by atoms with van der Waals surface area (Å²) in [5.41, 5.74) is 12.0. The molecular weight excluding hydrogens is 362 g/mol. The lowest BCUT2D eigenvalue weighted by Crippen LogP contribution is -2.18. The fourth-order valence-corrected chi connectivity index (χ4v) is 3.50. The molecule has 5 rings (SSSR count). The number of hydrazone groups is 2. The van der Waals surface area contributed by atoms with Gasteiger partial charge in [-0.25, -0.2) is 0 Å². The average Bonchev–Trinajstić information content (AvgIpc) is 3.10. The van der Waals surface area contributed by atoms with Crippen LogP contribution in [0.25, 0.3) is 28.0 Å². The van der Waals surface area contributed by atoms with E-state index < -0.39 is 0 Å². The SMILES string of the molecule is C=NNc1ccc2c(c1)oc1cc(N/N=C3\C(=N)C=Cc4ccccc43)ccc12. The normalized spacial score (nSPS) is 14.3. The largest absolute Gasteiger partial charge is 0.456 e. The number of benzene rings is 3. The van der Waals surface area contributed by atoms with Gasteiger partial charge in [-0.2, -0.15) is 10.2 Å². The van der Waals surface area contributed by atoms with Crippen LogP contribution >= 0.6 is 0 Å². The van der Waals surface area contributed by atoms with E-state index >= 15 is 0 Å². The minimum atomic E-state index is 0.372. The van der Waals surface area contributed by atoms with Crippen molar-refractivity contribution in [2.75, 3.05) is 10.9 Å². The molecule has 0 aliphatic heterocycles. The number of fused-ring (bicyclic) bond motifs is 4. The zero-order valence-electron chi connectivity index (χ0n) is 15.4. The second kappa shape index (κ2) is 6.76. The minimum absolute atomic E-state index is 0.372. The van der Waals surface area contributed by atoms with Crippen LogP contribution in [0.3, 0.4) is 0 Å². The molecule has 1 aliphatic carbocycles. The summed E-state index contributed by atoms with van der Waals surface area (Å²) in [5, 5.41) is 18.4. The minimum Gasteiger partial charge on any atom is -0.456 e. The Hall–Kier alpha value is -4.19. The van der Waals surface area contributed by atoms with E-state index in [1.165, 1.54) is 0 Å². The maximum atomic E-state index is 8.21. The monoisotopic (exact) mass is 379 g/mol. The van der Waals surface area contributed by atoms with Crippen LogP contribution < -0.4 is 10.9 Å². The Morgan fingerprint density at radius 3 is 2.24 bits per heavy atom. The molecule has 6 nitrogen and oxygen atoms in total. The molecule has 1 aliphatic rings. The van der Waals surface area contributed by atoms with Crippen molar-refractivity contribution >= 4 is 57.5 Å². The van der Waals surface area contributed by atoms with Gasteiger partial charge in [0.25, 0.3) is 0 Å². The van der Waals surface area contributed by atoms with Gasteiger partial charge < -0.3 is 4.42 Å². The number of rotatable bonds is 4. The van der Waals surface area contributed by atoms with E-state index in [1.54, 1.807) is 6.08 Å². The van der Waals surface area contributed by atoms with Crippen LogP contribution in [0.2, 0.25) is 0 Å². The molecule has 0 spiro atoms. The van der Waals surface area contributed by atoms with Gasteiger partial charge in [0.2, 0.25) is 0 Å². The molecule has 4 aromatic rings. The Labute approximate surface area is 166 Å². The lowest BCUT2D eigenvalue weighted by molar-refractivity contribution is 0.669. The van der Waals surface area contributed by atoms with Crippen molar-refractivity contribution in [1.29, 1.82) is 5.41 Å². The van der Waals surface area contributed by atoms with Crippen molar-refractivity contribution in [1.82, 2.24) is 0 Å². The lowest BCUT2D eigenvalue weighted by Gasteiger charge is -2.14. The second-order valence-electron chi connectivity index (χ2n) is 6.70. The lowest BCUT2D eigenvalue weighted by atomic mass is 9.94. The first-order valence-corrected chi connectivity index (χ1v) is 9.11. The zero-order chi connectivity index (χ0) is 19.8. The van der Waals surface area contributed by atoms with Gasteiger partial charge in [-0.3, -0.25) is 16.3 Å².